The van der Waals surface area contributed by atoms with Gasteiger partial charge in [-0.25, -0.2) is 4.79 Å². The first-order valence-electron chi connectivity index (χ1n) is 16.9. The molecule has 0 aliphatic carbocycles. The molecule has 2 aromatic rings. The normalized spacial score (nSPS) is 15.5. The maximum atomic E-state index is 14.6. The van der Waals surface area contributed by atoms with Gasteiger partial charge in [-0.05, 0) is 57.1 Å². The Hall–Kier alpha value is -4.29. The fraction of sp³-hybridized carbons (Fsp3) is 0.541. The first-order valence-corrected chi connectivity index (χ1v) is 16.9. The van der Waals surface area contributed by atoms with Crippen LogP contribution in [0, 0.1) is 11.3 Å². The maximum absolute atomic E-state index is 14.6. The van der Waals surface area contributed by atoms with Gasteiger partial charge in [0, 0.05) is 19.5 Å². The molecule has 1 fully saturated rings. The van der Waals surface area contributed by atoms with E-state index in [1.54, 1.807) is 45.0 Å². The summed E-state index contributed by atoms with van der Waals surface area (Å²) < 4.78 is 11.0. The van der Waals surface area contributed by atoms with Crippen molar-refractivity contribution in [1.82, 2.24) is 20.4 Å². The minimum atomic E-state index is -1.28. The maximum Gasteiger partial charge on any atom is 0.326 e. The molecule has 1 heterocycles. The van der Waals surface area contributed by atoms with Crippen LogP contribution in [0.5, 0.6) is 0 Å². The summed E-state index contributed by atoms with van der Waals surface area (Å²) in [6, 6.07) is 14.9. The Balaban J connectivity index is 1.95. The predicted octanol–water partition coefficient (Wildman–Crippen LogP) is 3.04. The number of aryl methyl sites for hydroxylation is 1. The second kappa shape index (κ2) is 19.0. The number of hydrogen-bond acceptors (Lipinski definition) is 8. The molecule has 2 aromatic carbocycles. The van der Waals surface area contributed by atoms with Crippen molar-refractivity contribution in [3.8, 4) is 0 Å². The van der Waals surface area contributed by atoms with Crippen molar-refractivity contribution >= 4 is 29.7 Å². The number of carboxylic acids is 1. The van der Waals surface area contributed by atoms with Gasteiger partial charge in [0.05, 0.1) is 25.2 Å². The fourth-order valence-corrected chi connectivity index (χ4v) is 5.41. The lowest BCUT2D eigenvalue weighted by Gasteiger charge is -2.35. The molecule has 12 heteroatoms. The number of carboxylic acid groups (broad SMARTS) is 1. The molecule has 3 amide bonds. The van der Waals surface area contributed by atoms with E-state index in [4.69, 9.17) is 9.47 Å². The van der Waals surface area contributed by atoms with E-state index in [1.165, 1.54) is 4.90 Å². The molecule has 3 atom stereocenters. The molecule has 49 heavy (non-hydrogen) atoms. The quantitative estimate of drug-likeness (QED) is 0.169. The SMILES string of the molecule is CC(C)C[C@@H](C(=O)NC(Cc1ccccc1)C(=O)O)N(COC(=O)C(C)(C)C)C(=O)[C@H](CCc1ccccc1)NC(=O)CN1CCOCC1. The standard InChI is InChI=1S/C37H52N4O8/c1-26(2)22-31(33(43)39-30(35(45)46)23-28-14-10-7-11-15-28)41(25-49-36(47)37(3,4)5)34(44)29(17-16-27-12-8-6-9-13-27)38-32(42)24-40-18-20-48-21-19-40/h6-15,26,29-31H,16-25H2,1-5H3,(H,38,42)(H,39,43)(H,45,46)/t29-,30?,31-/m0/s1. The van der Waals surface area contributed by atoms with Crippen LogP contribution in [-0.2, 0) is 46.3 Å². The predicted molar refractivity (Wildman–Crippen MR) is 184 cm³/mol. The number of hydrogen-bond donors (Lipinski definition) is 3. The van der Waals surface area contributed by atoms with Crippen LogP contribution < -0.4 is 10.6 Å². The van der Waals surface area contributed by atoms with Crippen LogP contribution in [0.4, 0.5) is 0 Å². The molecule has 1 aliphatic rings. The van der Waals surface area contributed by atoms with Crippen LogP contribution >= 0.6 is 0 Å². The Bertz CT molecular complexity index is 1370. The average molecular weight is 681 g/mol. The molecule has 0 spiro atoms. The molecule has 3 rings (SSSR count). The van der Waals surface area contributed by atoms with E-state index >= 15 is 0 Å². The number of esters is 1. The lowest BCUT2D eigenvalue weighted by Crippen LogP contribution is -2.59. The molecular formula is C37H52N4O8. The Morgan fingerprint density at radius 2 is 1.49 bits per heavy atom. The van der Waals surface area contributed by atoms with E-state index in [1.807, 2.05) is 55.1 Å². The first kappa shape index (κ1) is 39.2. The van der Waals surface area contributed by atoms with Crippen LogP contribution in [0.15, 0.2) is 60.7 Å². The van der Waals surface area contributed by atoms with Gasteiger partial charge in [0.1, 0.15) is 18.1 Å². The van der Waals surface area contributed by atoms with Crippen LogP contribution in [0.3, 0.4) is 0 Å². The molecule has 1 saturated heterocycles. The van der Waals surface area contributed by atoms with Gasteiger partial charge < -0.3 is 25.2 Å². The smallest absolute Gasteiger partial charge is 0.326 e. The number of rotatable bonds is 17. The zero-order valence-electron chi connectivity index (χ0n) is 29.4. The molecule has 0 saturated carbocycles. The Labute approximate surface area is 289 Å². The van der Waals surface area contributed by atoms with Gasteiger partial charge in [0.15, 0.2) is 6.73 Å². The third-order valence-electron chi connectivity index (χ3n) is 8.17. The highest BCUT2D eigenvalue weighted by Gasteiger charge is 2.38. The third-order valence-corrected chi connectivity index (χ3v) is 8.17. The summed E-state index contributed by atoms with van der Waals surface area (Å²) in [5.41, 5.74) is 0.773. The highest BCUT2D eigenvalue weighted by molar-refractivity contribution is 5.94. The summed E-state index contributed by atoms with van der Waals surface area (Å²) in [6.45, 7) is 10.4. The summed E-state index contributed by atoms with van der Waals surface area (Å²) in [7, 11) is 0. The van der Waals surface area contributed by atoms with E-state index in [9.17, 15) is 29.1 Å². The van der Waals surface area contributed by atoms with Crippen molar-refractivity contribution in [3.05, 3.63) is 71.8 Å². The minimum absolute atomic E-state index is 0.0283. The molecule has 0 radical (unpaired) electrons. The van der Waals surface area contributed by atoms with Crippen LogP contribution in [-0.4, -0.2) is 102 Å². The van der Waals surface area contributed by atoms with Crippen molar-refractivity contribution in [2.24, 2.45) is 11.3 Å². The summed E-state index contributed by atoms with van der Waals surface area (Å²) in [5.74, 6) is -3.59. The van der Waals surface area contributed by atoms with Crippen molar-refractivity contribution in [1.29, 1.82) is 0 Å². The molecule has 12 nitrogen and oxygen atoms in total. The summed E-state index contributed by atoms with van der Waals surface area (Å²) in [4.78, 5) is 70.3. The van der Waals surface area contributed by atoms with Crippen LogP contribution in [0.1, 0.15) is 58.6 Å². The van der Waals surface area contributed by atoms with Crippen molar-refractivity contribution in [2.75, 3.05) is 39.6 Å². The van der Waals surface area contributed by atoms with E-state index in [0.29, 0.717) is 38.3 Å². The van der Waals surface area contributed by atoms with Crippen molar-refractivity contribution in [3.63, 3.8) is 0 Å². The second-order valence-electron chi connectivity index (χ2n) is 13.9. The zero-order valence-corrected chi connectivity index (χ0v) is 29.4. The van der Waals surface area contributed by atoms with Gasteiger partial charge >= 0.3 is 11.9 Å². The molecule has 268 valence electrons. The largest absolute Gasteiger partial charge is 0.480 e. The van der Waals surface area contributed by atoms with Crippen molar-refractivity contribution in [2.45, 2.75) is 78.4 Å². The van der Waals surface area contributed by atoms with Crippen molar-refractivity contribution < 1.29 is 38.6 Å². The molecule has 0 aromatic heterocycles. The highest BCUT2D eigenvalue weighted by atomic mass is 16.5. The van der Waals surface area contributed by atoms with Gasteiger partial charge in [-0.15, -0.1) is 0 Å². The van der Waals surface area contributed by atoms with Gasteiger partial charge in [0.25, 0.3) is 0 Å². The van der Waals surface area contributed by atoms with Gasteiger partial charge in [-0.2, -0.15) is 0 Å². The molecule has 3 N–H and O–H groups in total. The lowest BCUT2D eigenvalue weighted by molar-refractivity contribution is -0.166. The number of ether oxygens (including phenoxy) is 2. The summed E-state index contributed by atoms with van der Waals surface area (Å²) in [5, 5.41) is 15.6. The second-order valence-corrected chi connectivity index (χ2v) is 13.9. The van der Waals surface area contributed by atoms with Gasteiger partial charge in [-0.1, -0.05) is 74.5 Å². The Kier molecular flexibility index (Phi) is 15.2. The number of morpholine rings is 1. The number of benzene rings is 2. The Morgan fingerprint density at radius 1 is 0.898 bits per heavy atom. The molecule has 1 unspecified atom stereocenters. The van der Waals surface area contributed by atoms with Crippen LogP contribution in [0.2, 0.25) is 0 Å². The van der Waals surface area contributed by atoms with E-state index < -0.39 is 54.0 Å². The highest BCUT2D eigenvalue weighted by Crippen LogP contribution is 2.20. The number of carbonyl (C=O) groups excluding carboxylic acids is 4. The van der Waals surface area contributed by atoms with Gasteiger partial charge in [0.2, 0.25) is 17.7 Å². The average Bonchev–Trinajstić information content (AvgIpc) is 3.06. The topological polar surface area (TPSA) is 155 Å². The Morgan fingerprint density at radius 3 is 2.04 bits per heavy atom. The van der Waals surface area contributed by atoms with E-state index in [2.05, 4.69) is 10.6 Å². The lowest BCUT2D eigenvalue weighted by atomic mass is 9.97. The van der Waals surface area contributed by atoms with E-state index in [0.717, 1.165) is 5.56 Å². The number of aliphatic carboxylic acids is 1. The van der Waals surface area contributed by atoms with Crippen LogP contribution in [0.25, 0.3) is 0 Å². The monoisotopic (exact) mass is 680 g/mol. The number of carbonyl (C=O) groups is 5. The number of nitrogens with zero attached hydrogens (tertiary/aromatic N) is 2. The third kappa shape index (κ3) is 13.3. The van der Waals surface area contributed by atoms with Gasteiger partial charge in [-0.3, -0.25) is 29.0 Å². The molecule has 0 bridgehead atoms. The minimum Gasteiger partial charge on any atom is -0.480 e. The first-order chi connectivity index (χ1) is 23.2. The van der Waals surface area contributed by atoms with E-state index in [-0.39, 0.29) is 37.6 Å². The number of nitrogens with one attached hydrogen (secondary N) is 2. The fourth-order valence-electron chi connectivity index (χ4n) is 5.41. The number of amides is 3. The zero-order chi connectivity index (χ0) is 36.0. The summed E-state index contributed by atoms with van der Waals surface area (Å²) >= 11 is 0. The molecular weight excluding hydrogens is 628 g/mol. The molecule has 1 aliphatic heterocycles. The summed E-state index contributed by atoms with van der Waals surface area (Å²) in [6.07, 6.45) is 0.836.